The topological polar surface area (TPSA) is 55.4 Å². The van der Waals surface area contributed by atoms with Gasteiger partial charge in [0.25, 0.3) is 0 Å². The van der Waals surface area contributed by atoms with Gasteiger partial charge in [0.15, 0.2) is 9.84 Å². The monoisotopic (exact) mass is 373 g/mol. The quantitative estimate of drug-likeness (QED) is 0.884. The summed E-state index contributed by atoms with van der Waals surface area (Å²) in [4.78, 5) is 0. The normalized spacial score (nSPS) is 23.2. The van der Waals surface area contributed by atoms with Gasteiger partial charge in [-0.25, -0.2) is 8.42 Å². The van der Waals surface area contributed by atoms with Crippen LogP contribution in [0.5, 0.6) is 0 Å². The number of hydrogen-bond donors (Lipinski definition) is 1. The Morgan fingerprint density at radius 1 is 1.29 bits per heavy atom. The van der Waals surface area contributed by atoms with Crippen molar-refractivity contribution in [3.05, 3.63) is 33.8 Å². The van der Waals surface area contributed by atoms with Crippen LogP contribution in [0.4, 0.5) is 0 Å². The highest BCUT2D eigenvalue weighted by atomic mass is 35.5. The number of ether oxygens (including phenoxy) is 1. The molecule has 0 aliphatic carbocycles. The van der Waals surface area contributed by atoms with E-state index < -0.39 is 15.4 Å². The van der Waals surface area contributed by atoms with Crippen LogP contribution >= 0.6 is 35.6 Å². The number of sulfone groups is 1. The summed E-state index contributed by atoms with van der Waals surface area (Å²) in [6, 6.07) is 5.15. The van der Waals surface area contributed by atoms with E-state index in [1.807, 2.05) is 0 Å². The molecule has 1 heterocycles. The summed E-state index contributed by atoms with van der Waals surface area (Å²) < 4.78 is 29.5. The van der Waals surface area contributed by atoms with Crippen LogP contribution in [0.2, 0.25) is 10.0 Å². The number of benzene rings is 1. The lowest BCUT2D eigenvalue weighted by molar-refractivity contribution is -0.0247. The van der Waals surface area contributed by atoms with E-state index in [9.17, 15) is 8.42 Å². The third kappa shape index (κ3) is 4.98. The minimum absolute atomic E-state index is 0. The molecule has 1 aromatic rings. The van der Waals surface area contributed by atoms with Gasteiger partial charge in [-0.3, -0.25) is 0 Å². The Morgan fingerprint density at radius 2 is 2.00 bits per heavy atom. The molecule has 1 aromatic carbocycles. The summed E-state index contributed by atoms with van der Waals surface area (Å²) in [5, 5.41) is 4.05. The lowest BCUT2D eigenvalue weighted by Crippen LogP contribution is -2.38. The first-order chi connectivity index (χ1) is 9.32. The van der Waals surface area contributed by atoms with Crippen LogP contribution in [0.1, 0.15) is 12.0 Å². The molecule has 0 amide bonds. The van der Waals surface area contributed by atoms with E-state index in [0.29, 0.717) is 36.2 Å². The van der Waals surface area contributed by atoms with Gasteiger partial charge in [-0.2, -0.15) is 0 Å². The van der Waals surface area contributed by atoms with Gasteiger partial charge in [-0.1, -0.05) is 29.3 Å². The highest BCUT2D eigenvalue weighted by molar-refractivity contribution is 7.90. The molecule has 1 aliphatic rings. The van der Waals surface area contributed by atoms with Crippen LogP contribution < -0.4 is 5.32 Å². The Labute approximate surface area is 141 Å². The molecule has 0 bridgehead atoms. The fraction of sp³-hybridized carbons (Fsp3) is 0.538. The first-order valence-corrected chi connectivity index (χ1v) is 9.12. The molecule has 1 saturated heterocycles. The molecule has 0 spiro atoms. The highest BCUT2D eigenvalue weighted by Crippen LogP contribution is 2.35. The van der Waals surface area contributed by atoms with Crippen molar-refractivity contribution in [2.45, 2.75) is 12.0 Å². The zero-order valence-electron chi connectivity index (χ0n) is 11.6. The van der Waals surface area contributed by atoms with E-state index in [-0.39, 0.29) is 18.2 Å². The number of nitrogens with one attached hydrogen (secondary N) is 1. The van der Waals surface area contributed by atoms with Gasteiger partial charge in [0.2, 0.25) is 0 Å². The Morgan fingerprint density at radius 3 is 2.62 bits per heavy atom. The smallest absolute Gasteiger partial charge is 0.150 e. The summed E-state index contributed by atoms with van der Waals surface area (Å²) >= 11 is 12.0. The van der Waals surface area contributed by atoms with Crippen LogP contribution in [0.25, 0.3) is 0 Å². The van der Waals surface area contributed by atoms with Gasteiger partial charge >= 0.3 is 0 Å². The fourth-order valence-electron chi connectivity index (χ4n) is 2.43. The van der Waals surface area contributed by atoms with Crippen LogP contribution in [-0.2, 0) is 20.2 Å². The van der Waals surface area contributed by atoms with Crippen molar-refractivity contribution in [3.8, 4) is 0 Å². The third-order valence-corrected chi connectivity index (χ3v) is 5.03. The van der Waals surface area contributed by atoms with Crippen molar-refractivity contribution >= 4 is 45.4 Å². The molecule has 120 valence electrons. The second kappa shape index (κ2) is 7.49. The van der Waals surface area contributed by atoms with E-state index in [4.69, 9.17) is 27.9 Å². The number of hydrogen-bond acceptors (Lipinski definition) is 4. The lowest BCUT2D eigenvalue weighted by Gasteiger charge is -2.32. The molecule has 1 atom stereocenters. The Bertz CT molecular complexity index is 584. The van der Waals surface area contributed by atoms with E-state index in [0.717, 1.165) is 5.56 Å². The maximum atomic E-state index is 11.8. The van der Waals surface area contributed by atoms with Crippen LogP contribution in [0.15, 0.2) is 18.2 Å². The van der Waals surface area contributed by atoms with Crippen molar-refractivity contribution in [1.82, 2.24) is 5.32 Å². The van der Waals surface area contributed by atoms with Gasteiger partial charge < -0.3 is 10.1 Å². The molecular weight excluding hydrogens is 357 g/mol. The molecule has 2 rings (SSSR count). The van der Waals surface area contributed by atoms with Crippen LogP contribution in [0.3, 0.4) is 0 Å². The second-order valence-corrected chi connectivity index (χ2v) is 8.00. The molecule has 21 heavy (non-hydrogen) atoms. The van der Waals surface area contributed by atoms with Gasteiger partial charge in [0.05, 0.1) is 22.4 Å². The molecule has 8 heteroatoms. The minimum Gasteiger partial charge on any atom is -0.368 e. The fourth-order valence-corrected chi connectivity index (χ4v) is 3.97. The summed E-state index contributed by atoms with van der Waals surface area (Å²) in [5.74, 6) is -0.0698. The predicted molar refractivity (Wildman–Crippen MR) is 88.5 cm³/mol. The molecule has 0 unspecified atom stereocenters. The SMILES string of the molecule is CS(=O)(=O)C[C@@]1(c2ccc(Cl)c(Cl)c2)CCNCCO1.Cl. The summed E-state index contributed by atoms with van der Waals surface area (Å²) in [6.07, 6.45) is 1.78. The zero-order chi connectivity index (χ0) is 14.8. The van der Waals surface area contributed by atoms with Crippen molar-refractivity contribution in [2.75, 3.05) is 31.7 Å². The second-order valence-electron chi connectivity index (χ2n) is 5.04. The van der Waals surface area contributed by atoms with Gasteiger partial charge in [0.1, 0.15) is 5.60 Å². The third-order valence-electron chi connectivity index (χ3n) is 3.30. The molecule has 4 nitrogen and oxygen atoms in total. The van der Waals surface area contributed by atoms with E-state index in [1.165, 1.54) is 6.26 Å². The van der Waals surface area contributed by atoms with Crippen LogP contribution in [-0.4, -0.2) is 40.1 Å². The number of rotatable bonds is 3. The van der Waals surface area contributed by atoms with Gasteiger partial charge in [-0.15, -0.1) is 12.4 Å². The van der Waals surface area contributed by atoms with E-state index in [1.54, 1.807) is 18.2 Å². The Balaban J connectivity index is 0.00000220. The minimum atomic E-state index is -3.20. The lowest BCUT2D eigenvalue weighted by atomic mass is 9.92. The molecule has 1 fully saturated rings. The van der Waals surface area contributed by atoms with Gasteiger partial charge in [0, 0.05) is 12.8 Å². The average molecular weight is 375 g/mol. The number of halogens is 3. The van der Waals surface area contributed by atoms with E-state index in [2.05, 4.69) is 5.32 Å². The standard InChI is InChI=1S/C13H17Cl2NO3S.ClH/c1-20(17,18)9-13(4-5-16-6-7-19-13)10-2-3-11(14)12(15)8-10;/h2-3,8,16H,4-7,9H2,1H3;1H/t13-;/m1./s1. The van der Waals surface area contributed by atoms with Gasteiger partial charge in [-0.05, 0) is 30.7 Å². The molecule has 0 aromatic heterocycles. The molecular formula is C13H18Cl3NO3S. The molecule has 1 aliphatic heterocycles. The first-order valence-electron chi connectivity index (χ1n) is 6.30. The van der Waals surface area contributed by atoms with Crippen molar-refractivity contribution < 1.29 is 13.2 Å². The maximum absolute atomic E-state index is 11.8. The largest absolute Gasteiger partial charge is 0.368 e. The Kier molecular flexibility index (Phi) is 6.78. The zero-order valence-corrected chi connectivity index (χ0v) is 14.7. The van der Waals surface area contributed by atoms with Crippen molar-refractivity contribution in [2.24, 2.45) is 0 Å². The van der Waals surface area contributed by atoms with E-state index >= 15 is 0 Å². The summed E-state index contributed by atoms with van der Waals surface area (Å²) in [6.45, 7) is 1.85. The molecule has 0 saturated carbocycles. The Hall–Kier alpha value is -0.0400. The van der Waals surface area contributed by atoms with Crippen molar-refractivity contribution in [1.29, 1.82) is 0 Å². The summed E-state index contributed by atoms with van der Waals surface area (Å²) in [7, 11) is -3.20. The highest BCUT2D eigenvalue weighted by Gasteiger charge is 2.38. The first kappa shape index (κ1) is 19.0. The summed E-state index contributed by atoms with van der Waals surface area (Å²) in [5.41, 5.74) is -0.119. The average Bonchev–Trinajstić information content (AvgIpc) is 2.57. The van der Waals surface area contributed by atoms with Crippen molar-refractivity contribution in [3.63, 3.8) is 0 Å². The van der Waals surface area contributed by atoms with Crippen LogP contribution in [0, 0.1) is 0 Å². The predicted octanol–water partition coefficient (Wildman–Crippen LogP) is 2.67. The molecule has 1 N–H and O–H groups in total. The maximum Gasteiger partial charge on any atom is 0.150 e. The molecule has 0 radical (unpaired) electrons.